The molecule has 4 N–H and O–H groups in total. The Balaban J connectivity index is 1.88. The number of hydrogen-bond acceptors (Lipinski definition) is 5. The number of H-pyrrole nitrogens is 1. The second-order valence-electron chi connectivity index (χ2n) is 7.75. The lowest BCUT2D eigenvalue weighted by molar-refractivity contribution is -0.133. The van der Waals surface area contributed by atoms with E-state index in [2.05, 4.69) is 15.2 Å². The molecule has 3 aromatic rings. The fraction of sp³-hybridized carbons (Fsp3) is 0.174. The summed E-state index contributed by atoms with van der Waals surface area (Å²) in [4.78, 5) is 42.7. The van der Waals surface area contributed by atoms with E-state index in [-0.39, 0.29) is 29.3 Å². The summed E-state index contributed by atoms with van der Waals surface area (Å²) in [6.07, 6.45) is 1.11. The van der Waals surface area contributed by atoms with Crippen LogP contribution in [0.1, 0.15) is 39.6 Å². The highest BCUT2D eigenvalue weighted by Gasteiger charge is 2.34. The Morgan fingerprint density at radius 1 is 1.21 bits per heavy atom. The van der Waals surface area contributed by atoms with Gasteiger partial charge < -0.3 is 10.8 Å². The van der Waals surface area contributed by atoms with Crippen LogP contribution < -0.4 is 10.6 Å². The summed E-state index contributed by atoms with van der Waals surface area (Å²) < 4.78 is 13.4. The van der Waals surface area contributed by atoms with Gasteiger partial charge in [-0.25, -0.2) is 14.2 Å². The molecular weight excluding hydrogens is 429 g/mol. The van der Waals surface area contributed by atoms with E-state index in [0.717, 1.165) is 0 Å². The number of aromatic nitrogens is 3. The van der Waals surface area contributed by atoms with Gasteiger partial charge in [0.1, 0.15) is 11.6 Å². The van der Waals surface area contributed by atoms with Gasteiger partial charge in [-0.1, -0.05) is 12.1 Å². The molecule has 0 bridgehead atoms. The van der Waals surface area contributed by atoms with Crippen molar-refractivity contribution in [2.24, 2.45) is 5.73 Å². The van der Waals surface area contributed by atoms with Crippen molar-refractivity contribution in [2.45, 2.75) is 26.2 Å². The summed E-state index contributed by atoms with van der Waals surface area (Å²) in [7, 11) is 0. The molecule has 10 heteroatoms. The number of halogens is 1. The zero-order valence-corrected chi connectivity index (χ0v) is 17.8. The molecule has 0 spiro atoms. The minimum absolute atomic E-state index is 0.0324. The molecule has 4 rings (SSSR count). The topological polar surface area (TPSA) is 142 Å². The Morgan fingerprint density at radius 3 is 2.48 bits per heavy atom. The van der Waals surface area contributed by atoms with E-state index in [0.29, 0.717) is 28.2 Å². The molecule has 1 aliphatic rings. The summed E-state index contributed by atoms with van der Waals surface area (Å²) in [6, 6.07) is 8.44. The van der Waals surface area contributed by atoms with Gasteiger partial charge >= 0.3 is 5.97 Å². The number of nitrogens with one attached hydrogen (secondary N) is 1. The van der Waals surface area contributed by atoms with Crippen LogP contribution in [0.3, 0.4) is 0 Å². The van der Waals surface area contributed by atoms with Gasteiger partial charge in [-0.15, -0.1) is 0 Å². The number of benzene rings is 2. The molecular formula is C23H20FN5O4. The van der Waals surface area contributed by atoms with Crippen molar-refractivity contribution in [1.29, 1.82) is 0 Å². The van der Waals surface area contributed by atoms with Crippen molar-refractivity contribution in [3.63, 3.8) is 0 Å². The summed E-state index contributed by atoms with van der Waals surface area (Å²) in [5.41, 5.74) is 7.37. The van der Waals surface area contributed by atoms with Crippen LogP contribution >= 0.6 is 0 Å². The maximum Gasteiger partial charge on any atom is 0.333 e. The van der Waals surface area contributed by atoms with Crippen molar-refractivity contribution in [3.05, 3.63) is 76.5 Å². The van der Waals surface area contributed by atoms with E-state index < -0.39 is 23.6 Å². The zero-order valence-electron chi connectivity index (χ0n) is 17.8. The highest BCUT2D eigenvalue weighted by molar-refractivity contribution is 6.06. The number of anilines is 1. The van der Waals surface area contributed by atoms with Gasteiger partial charge in [0.2, 0.25) is 11.8 Å². The van der Waals surface area contributed by atoms with Crippen LogP contribution in [-0.4, -0.2) is 38.1 Å². The molecule has 168 valence electrons. The number of carbonyl (C=O) groups excluding carboxylic acids is 2. The molecule has 0 saturated carbocycles. The van der Waals surface area contributed by atoms with Crippen molar-refractivity contribution < 1.29 is 23.9 Å². The standard InChI is InChI=1S/C23H20FN5O4/c1-11-7-19(17(8-15(11)21(25)31)22-26-12(2)27-28-22)29-10-18(23(32)33)16(9-20(29)30)13-3-5-14(24)6-4-13/h3-8,10,16H,9H2,1-2H3,(H2,25,31)(H,32,33)(H,26,27,28)/t16-/m0/s1. The van der Waals surface area contributed by atoms with E-state index >= 15 is 0 Å². The van der Waals surface area contributed by atoms with Gasteiger partial charge in [0.25, 0.3) is 0 Å². The molecule has 2 amide bonds. The van der Waals surface area contributed by atoms with E-state index in [4.69, 9.17) is 5.73 Å². The Morgan fingerprint density at radius 2 is 1.91 bits per heavy atom. The quantitative estimate of drug-likeness (QED) is 0.547. The fourth-order valence-corrected chi connectivity index (χ4v) is 3.88. The summed E-state index contributed by atoms with van der Waals surface area (Å²) in [6.45, 7) is 3.36. The van der Waals surface area contributed by atoms with Gasteiger partial charge in [0, 0.05) is 29.7 Å². The first-order valence-electron chi connectivity index (χ1n) is 10.0. The van der Waals surface area contributed by atoms with Crippen molar-refractivity contribution in [1.82, 2.24) is 15.2 Å². The molecule has 1 aliphatic heterocycles. The van der Waals surface area contributed by atoms with Crippen molar-refractivity contribution in [3.8, 4) is 11.4 Å². The zero-order chi connectivity index (χ0) is 23.9. The predicted octanol–water partition coefficient (Wildman–Crippen LogP) is 2.82. The van der Waals surface area contributed by atoms with Crippen molar-refractivity contribution >= 4 is 23.5 Å². The average molecular weight is 449 g/mol. The number of carboxylic acids is 1. The third-order valence-corrected chi connectivity index (χ3v) is 5.52. The summed E-state index contributed by atoms with van der Waals surface area (Å²) in [5, 5.41) is 16.7. The smallest absolute Gasteiger partial charge is 0.333 e. The number of hydrogen-bond donors (Lipinski definition) is 3. The minimum atomic E-state index is -1.21. The maximum absolute atomic E-state index is 13.4. The molecule has 0 unspecified atom stereocenters. The van der Waals surface area contributed by atoms with Crippen LogP contribution in [0, 0.1) is 19.7 Å². The van der Waals surface area contributed by atoms with Gasteiger partial charge in [-0.05, 0) is 49.2 Å². The normalized spacial score (nSPS) is 16.0. The number of rotatable bonds is 5. The van der Waals surface area contributed by atoms with E-state index in [9.17, 15) is 23.9 Å². The lowest BCUT2D eigenvalue weighted by Crippen LogP contribution is -2.35. The summed E-state index contributed by atoms with van der Waals surface area (Å²) in [5.74, 6) is -2.71. The number of aromatic amines is 1. The molecule has 2 aromatic carbocycles. The Hall–Kier alpha value is -4.34. The number of nitrogens with zero attached hydrogens (tertiary/aromatic N) is 3. The Bertz CT molecular complexity index is 1310. The van der Waals surface area contributed by atoms with Crippen LogP contribution in [0.5, 0.6) is 0 Å². The maximum atomic E-state index is 13.4. The highest BCUT2D eigenvalue weighted by Crippen LogP contribution is 2.39. The number of aryl methyl sites for hydroxylation is 2. The molecule has 0 fully saturated rings. The molecule has 1 atom stereocenters. The highest BCUT2D eigenvalue weighted by atomic mass is 19.1. The van der Waals surface area contributed by atoms with Crippen LogP contribution in [0.15, 0.2) is 48.2 Å². The number of amides is 2. The van der Waals surface area contributed by atoms with Gasteiger partial charge in [-0.2, -0.15) is 5.10 Å². The number of aliphatic carboxylic acids is 1. The Kier molecular flexibility index (Phi) is 5.50. The van der Waals surface area contributed by atoms with Gasteiger partial charge in [0.05, 0.1) is 11.3 Å². The van der Waals surface area contributed by atoms with Crippen LogP contribution in [0.2, 0.25) is 0 Å². The number of carbonyl (C=O) groups is 3. The van der Waals surface area contributed by atoms with Crippen LogP contribution in [-0.2, 0) is 9.59 Å². The van der Waals surface area contributed by atoms with E-state index in [1.165, 1.54) is 41.4 Å². The number of primary amides is 1. The van der Waals surface area contributed by atoms with Crippen LogP contribution in [0.4, 0.5) is 10.1 Å². The molecule has 0 saturated heterocycles. The second-order valence-corrected chi connectivity index (χ2v) is 7.75. The largest absolute Gasteiger partial charge is 0.478 e. The summed E-state index contributed by atoms with van der Waals surface area (Å²) >= 11 is 0. The Labute approximate surface area is 187 Å². The van der Waals surface area contributed by atoms with Gasteiger partial charge in [0.15, 0.2) is 5.82 Å². The molecule has 0 radical (unpaired) electrons. The molecule has 9 nitrogen and oxygen atoms in total. The van der Waals surface area contributed by atoms with Crippen LogP contribution in [0.25, 0.3) is 11.4 Å². The molecule has 2 heterocycles. The molecule has 0 aliphatic carbocycles. The average Bonchev–Trinajstić information content (AvgIpc) is 3.19. The number of carboxylic acid groups (broad SMARTS) is 1. The first-order chi connectivity index (χ1) is 15.7. The lowest BCUT2D eigenvalue weighted by Gasteiger charge is -2.31. The SMILES string of the molecule is Cc1nc(-c2cc(C(N)=O)c(C)cc2N2C=C(C(=O)O)[C@H](c3ccc(F)cc3)CC2=O)n[nH]1. The first-order valence-corrected chi connectivity index (χ1v) is 10.0. The van der Waals surface area contributed by atoms with E-state index in [1.807, 2.05) is 0 Å². The molecule has 33 heavy (non-hydrogen) atoms. The first kappa shape index (κ1) is 21.9. The molecule has 1 aromatic heterocycles. The monoisotopic (exact) mass is 449 g/mol. The van der Waals surface area contributed by atoms with Crippen molar-refractivity contribution in [2.75, 3.05) is 4.90 Å². The van der Waals surface area contributed by atoms with E-state index in [1.54, 1.807) is 19.9 Å². The second kappa shape index (κ2) is 8.30. The fourth-order valence-electron chi connectivity index (χ4n) is 3.88. The third-order valence-electron chi connectivity index (χ3n) is 5.52. The minimum Gasteiger partial charge on any atom is -0.478 e. The predicted molar refractivity (Wildman–Crippen MR) is 117 cm³/mol. The number of nitrogens with two attached hydrogens (primary N) is 1. The third kappa shape index (κ3) is 4.10. The lowest BCUT2D eigenvalue weighted by atomic mass is 9.85. The van der Waals surface area contributed by atoms with Gasteiger partial charge in [-0.3, -0.25) is 19.6 Å².